The van der Waals surface area contributed by atoms with Crippen molar-refractivity contribution < 1.29 is 13.2 Å². The fourth-order valence-corrected chi connectivity index (χ4v) is 4.34. The predicted octanol–water partition coefficient (Wildman–Crippen LogP) is 2.11. The molecule has 0 radical (unpaired) electrons. The van der Waals surface area contributed by atoms with Crippen molar-refractivity contribution in [3.8, 4) is 0 Å². The maximum Gasteiger partial charge on any atom is 0.254 e. The average Bonchev–Trinajstić information content (AvgIpc) is 3.01. The third-order valence-electron chi connectivity index (χ3n) is 5.08. The molecule has 1 atom stereocenters. The molecular formula is C18H26N2O3S. The van der Waals surface area contributed by atoms with Gasteiger partial charge in [0, 0.05) is 24.7 Å². The minimum atomic E-state index is -3.18. The van der Waals surface area contributed by atoms with Crippen molar-refractivity contribution in [2.45, 2.75) is 51.0 Å². The Balaban J connectivity index is 1.69. The highest BCUT2D eigenvalue weighted by Gasteiger charge is 2.28. The Kier molecular flexibility index (Phi) is 5.25. The van der Waals surface area contributed by atoms with E-state index in [1.165, 1.54) is 23.8 Å². The van der Waals surface area contributed by atoms with Gasteiger partial charge in [-0.1, -0.05) is 6.07 Å². The maximum atomic E-state index is 13.0. The van der Waals surface area contributed by atoms with Crippen molar-refractivity contribution >= 4 is 15.9 Å². The van der Waals surface area contributed by atoms with Gasteiger partial charge < -0.3 is 4.90 Å². The summed E-state index contributed by atoms with van der Waals surface area (Å²) in [4.78, 5) is 14.9. The number of amides is 1. The second-order valence-electron chi connectivity index (χ2n) is 6.94. The summed E-state index contributed by atoms with van der Waals surface area (Å²) in [6.07, 6.45) is 8.26. The van der Waals surface area contributed by atoms with Gasteiger partial charge in [0.15, 0.2) is 0 Å². The van der Waals surface area contributed by atoms with Gasteiger partial charge >= 0.3 is 0 Å². The van der Waals surface area contributed by atoms with Crippen LogP contribution in [0.4, 0.5) is 0 Å². The third kappa shape index (κ3) is 4.16. The van der Waals surface area contributed by atoms with E-state index in [2.05, 4.69) is 16.9 Å². The monoisotopic (exact) mass is 350 g/mol. The van der Waals surface area contributed by atoms with Gasteiger partial charge in [0.2, 0.25) is 10.0 Å². The molecule has 1 fully saturated rings. The van der Waals surface area contributed by atoms with Crippen molar-refractivity contribution in [2.24, 2.45) is 0 Å². The van der Waals surface area contributed by atoms with Gasteiger partial charge in [-0.15, -0.1) is 0 Å². The van der Waals surface area contributed by atoms with Crippen molar-refractivity contribution in [3.63, 3.8) is 0 Å². The molecule has 24 heavy (non-hydrogen) atoms. The summed E-state index contributed by atoms with van der Waals surface area (Å²) in [6, 6.07) is 6.23. The van der Waals surface area contributed by atoms with E-state index >= 15 is 0 Å². The molecule has 1 heterocycles. The SMILES string of the molecule is CS(=O)(=O)NCC[C@H]1CCCCN1C(=O)c1ccc2c(c1)CCC2. The molecular weight excluding hydrogens is 324 g/mol. The van der Waals surface area contributed by atoms with E-state index < -0.39 is 10.0 Å². The molecule has 0 unspecified atom stereocenters. The summed E-state index contributed by atoms with van der Waals surface area (Å²) in [5, 5.41) is 0. The first kappa shape index (κ1) is 17.4. The van der Waals surface area contributed by atoms with Crippen LogP contribution in [-0.2, 0) is 22.9 Å². The number of carbonyl (C=O) groups excluding carboxylic acids is 1. The highest BCUT2D eigenvalue weighted by molar-refractivity contribution is 7.88. The lowest BCUT2D eigenvalue weighted by Gasteiger charge is -2.36. The van der Waals surface area contributed by atoms with Crippen LogP contribution in [0, 0.1) is 0 Å². The van der Waals surface area contributed by atoms with Gasteiger partial charge in [0.25, 0.3) is 5.91 Å². The summed E-state index contributed by atoms with van der Waals surface area (Å²) >= 11 is 0. The molecule has 1 N–H and O–H groups in total. The van der Waals surface area contributed by atoms with E-state index in [0.29, 0.717) is 13.0 Å². The molecule has 132 valence electrons. The number of aryl methyl sites for hydroxylation is 2. The van der Waals surface area contributed by atoms with E-state index in [9.17, 15) is 13.2 Å². The number of fused-ring (bicyclic) bond motifs is 1. The predicted molar refractivity (Wildman–Crippen MR) is 94.6 cm³/mol. The van der Waals surface area contributed by atoms with Crippen molar-refractivity contribution in [3.05, 3.63) is 34.9 Å². The number of carbonyl (C=O) groups is 1. The Bertz CT molecular complexity index is 715. The van der Waals surface area contributed by atoms with Crippen LogP contribution >= 0.6 is 0 Å². The van der Waals surface area contributed by atoms with Crippen LogP contribution in [0.15, 0.2) is 18.2 Å². The van der Waals surface area contributed by atoms with Crippen LogP contribution in [-0.4, -0.2) is 44.6 Å². The highest BCUT2D eigenvalue weighted by Crippen LogP contribution is 2.26. The molecule has 6 heteroatoms. The third-order valence-corrected chi connectivity index (χ3v) is 5.80. The summed E-state index contributed by atoms with van der Waals surface area (Å²) in [5.41, 5.74) is 3.46. The normalized spacial score (nSPS) is 20.9. The van der Waals surface area contributed by atoms with Crippen LogP contribution in [0.1, 0.15) is 53.6 Å². The second-order valence-corrected chi connectivity index (χ2v) is 8.77. The second kappa shape index (κ2) is 7.23. The van der Waals surface area contributed by atoms with Crippen molar-refractivity contribution in [1.29, 1.82) is 0 Å². The molecule has 0 aromatic heterocycles. The van der Waals surface area contributed by atoms with Gasteiger partial charge in [-0.3, -0.25) is 4.79 Å². The zero-order chi connectivity index (χ0) is 17.2. The zero-order valence-electron chi connectivity index (χ0n) is 14.3. The molecule has 1 amide bonds. The number of benzene rings is 1. The summed E-state index contributed by atoms with van der Waals surface area (Å²) in [5.74, 6) is 0.0914. The molecule has 1 aromatic rings. The quantitative estimate of drug-likeness (QED) is 0.884. The van der Waals surface area contributed by atoms with Gasteiger partial charge in [-0.2, -0.15) is 0 Å². The Labute approximate surface area is 144 Å². The smallest absolute Gasteiger partial charge is 0.254 e. The van der Waals surface area contributed by atoms with E-state index in [-0.39, 0.29) is 11.9 Å². The molecule has 1 aliphatic heterocycles. The Morgan fingerprint density at radius 1 is 1.21 bits per heavy atom. The largest absolute Gasteiger partial charge is 0.336 e. The molecule has 1 aliphatic carbocycles. The van der Waals surface area contributed by atoms with Crippen LogP contribution in [0.25, 0.3) is 0 Å². The fourth-order valence-electron chi connectivity index (χ4n) is 3.85. The Morgan fingerprint density at radius 2 is 2.00 bits per heavy atom. The number of rotatable bonds is 5. The van der Waals surface area contributed by atoms with Crippen LogP contribution in [0.3, 0.4) is 0 Å². The topological polar surface area (TPSA) is 66.5 Å². The maximum absolute atomic E-state index is 13.0. The standard InChI is InChI=1S/C18H26N2O3S/c1-24(22,23)19-11-10-17-7-2-3-12-20(17)18(21)16-9-8-14-5-4-6-15(14)13-16/h8-9,13,17,19H,2-7,10-12H2,1H3/t17-/m1/s1. The molecule has 0 saturated carbocycles. The lowest BCUT2D eigenvalue weighted by molar-refractivity contribution is 0.0604. The highest BCUT2D eigenvalue weighted by atomic mass is 32.2. The van der Waals surface area contributed by atoms with Crippen molar-refractivity contribution in [1.82, 2.24) is 9.62 Å². The van der Waals surface area contributed by atoms with E-state index in [1.807, 2.05) is 11.0 Å². The molecule has 1 saturated heterocycles. The van der Waals surface area contributed by atoms with Crippen LogP contribution < -0.4 is 4.72 Å². The Morgan fingerprint density at radius 3 is 2.79 bits per heavy atom. The number of piperidine rings is 1. The molecule has 3 rings (SSSR count). The van der Waals surface area contributed by atoms with E-state index in [1.54, 1.807) is 0 Å². The van der Waals surface area contributed by atoms with Gasteiger partial charge in [-0.05, 0) is 68.2 Å². The summed E-state index contributed by atoms with van der Waals surface area (Å²) in [6.45, 7) is 1.15. The van der Waals surface area contributed by atoms with Crippen molar-refractivity contribution in [2.75, 3.05) is 19.3 Å². The molecule has 1 aromatic carbocycles. The van der Waals surface area contributed by atoms with Crippen LogP contribution in [0.5, 0.6) is 0 Å². The number of nitrogens with one attached hydrogen (secondary N) is 1. The molecule has 0 bridgehead atoms. The minimum Gasteiger partial charge on any atom is -0.336 e. The van der Waals surface area contributed by atoms with Gasteiger partial charge in [0.05, 0.1) is 6.26 Å². The number of likely N-dealkylation sites (tertiary alicyclic amines) is 1. The lowest BCUT2D eigenvalue weighted by Crippen LogP contribution is -2.45. The van der Waals surface area contributed by atoms with Gasteiger partial charge in [-0.25, -0.2) is 13.1 Å². The molecule has 2 aliphatic rings. The number of hydrogen-bond acceptors (Lipinski definition) is 3. The summed E-state index contributed by atoms with van der Waals surface area (Å²) < 4.78 is 25.0. The van der Waals surface area contributed by atoms with Gasteiger partial charge in [0.1, 0.15) is 0 Å². The fraction of sp³-hybridized carbons (Fsp3) is 0.611. The zero-order valence-corrected chi connectivity index (χ0v) is 15.1. The molecule has 5 nitrogen and oxygen atoms in total. The minimum absolute atomic E-state index is 0.0914. The first-order valence-corrected chi connectivity index (χ1v) is 10.7. The number of hydrogen-bond donors (Lipinski definition) is 1. The molecule has 0 spiro atoms. The van der Waals surface area contributed by atoms with E-state index in [0.717, 1.165) is 44.2 Å². The lowest BCUT2D eigenvalue weighted by atomic mass is 9.97. The van der Waals surface area contributed by atoms with E-state index in [4.69, 9.17) is 0 Å². The Hall–Kier alpha value is -1.40. The number of sulfonamides is 1. The average molecular weight is 350 g/mol. The van der Waals surface area contributed by atoms with Crippen LogP contribution in [0.2, 0.25) is 0 Å². The number of nitrogens with zero attached hydrogens (tertiary/aromatic N) is 1. The first-order chi connectivity index (χ1) is 11.4. The first-order valence-electron chi connectivity index (χ1n) is 8.81. The summed E-state index contributed by atoms with van der Waals surface area (Å²) in [7, 11) is -3.18.